The van der Waals surface area contributed by atoms with Gasteiger partial charge in [-0.3, -0.25) is 0 Å². The highest BCUT2D eigenvalue weighted by Gasteiger charge is 2.24. The minimum atomic E-state index is -3.66. The molecule has 1 aromatic carbocycles. The maximum Gasteiger partial charge on any atom is 0.244 e. The third-order valence-electron chi connectivity index (χ3n) is 3.46. The molecule has 0 bridgehead atoms. The molecule has 128 valence electrons. The van der Waals surface area contributed by atoms with Crippen LogP contribution in [0.3, 0.4) is 0 Å². The van der Waals surface area contributed by atoms with E-state index in [0.717, 1.165) is 0 Å². The average molecular weight is 371 g/mol. The topological polar surface area (TPSA) is 72.6 Å². The Morgan fingerprint density at radius 3 is 2.45 bits per heavy atom. The Labute approximate surface area is 144 Å². The van der Waals surface area contributed by atoms with Gasteiger partial charge in [0.2, 0.25) is 10.0 Å². The number of nitrogens with zero attached hydrogens (tertiary/aromatic N) is 1. The standard InChI is InChI=1S/C14H23ClN2O3S.ClH/c1-10(2)13(16)7-8-17(3)21(18,19)14-9-11(20-4)5-6-12(14)15;/h5-6,9-10,13H,7-8,16H2,1-4H3;1H. The zero-order chi connectivity index (χ0) is 16.2. The largest absolute Gasteiger partial charge is 0.497 e. The summed E-state index contributed by atoms with van der Waals surface area (Å²) in [5, 5.41) is 0.177. The predicted octanol–water partition coefficient (Wildman–Crippen LogP) is 2.76. The first-order chi connectivity index (χ1) is 9.70. The van der Waals surface area contributed by atoms with Gasteiger partial charge in [-0.25, -0.2) is 12.7 Å². The van der Waals surface area contributed by atoms with E-state index in [2.05, 4.69) is 0 Å². The molecule has 0 aliphatic heterocycles. The molecule has 0 saturated heterocycles. The van der Waals surface area contributed by atoms with Gasteiger partial charge in [0.1, 0.15) is 10.6 Å². The Bertz CT molecular complexity index is 579. The molecule has 0 aromatic heterocycles. The second kappa shape index (κ2) is 8.93. The summed E-state index contributed by atoms with van der Waals surface area (Å²) in [6.45, 7) is 4.37. The Kier molecular flexibility index (Phi) is 8.72. The van der Waals surface area contributed by atoms with Crippen molar-refractivity contribution in [2.24, 2.45) is 11.7 Å². The van der Waals surface area contributed by atoms with Crippen molar-refractivity contribution < 1.29 is 13.2 Å². The van der Waals surface area contributed by atoms with Gasteiger partial charge in [-0.2, -0.15) is 0 Å². The zero-order valence-electron chi connectivity index (χ0n) is 13.2. The SMILES string of the molecule is COc1ccc(Cl)c(S(=O)(=O)N(C)CCC(N)C(C)C)c1.Cl. The molecule has 1 aromatic rings. The number of nitrogens with two attached hydrogens (primary N) is 1. The second-order valence-electron chi connectivity index (χ2n) is 5.32. The first kappa shape index (κ1) is 21.5. The Morgan fingerprint density at radius 1 is 1.36 bits per heavy atom. The molecule has 2 N–H and O–H groups in total. The maximum absolute atomic E-state index is 12.5. The molecule has 0 amide bonds. The first-order valence-corrected chi connectivity index (χ1v) is 8.57. The molecule has 0 radical (unpaired) electrons. The number of methoxy groups -OCH3 is 1. The van der Waals surface area contributed by atoms with Crippen molar-refractivity contribution in [2.75, 3.05) is 20.7 Å². The molecule has 1 unspecified atom stereocenters. The third-order valence-corrected chi connectivity index (χ3v) is 5.80. The Hall–Kier alpha value is -0.530. The van der Waals surface area contributed by atoms with E-state index in [1.54, 1.807) is 6.07 Å². The second-order valence-corrected chi connectivity index (χ2v) is 7.74. The van der Waals surface area contributed by atoms with Crippen LogP contribution in [0.2, 0.25) is 5.02 Å². The van der Waals surface area contributed by atoms with Crippen molar-refractivity contribution in [1.82, 2.24) is 4.31 Å². The van der Waals surface area contributed by atoms with Gasteiger partial charge in [-0.05, 0) is 24.5 Å². The quantitative estimate of drug-likeness (QED) is 0.800. The van der Waals surface area contributed by atoms with Crippen molar-refractivity contribution in [2.45, 2.75) is 31.2 Å². The number of halogens is 2. The number of benzene rings is 1. The van der Waals surface area contributed by atoms with Gasteiger partial charge in [0, 0.05) is 25.7 Å². The summed E-state index contributed by atoms with van der Waals surface area (Å²) in [4.78, 5) is 0.0455. The minimum absolute atomic E-state index is 0. The molecule has 8 heteroatoms. The van der Waals surface area contributed by atoms with E-state index in [0.29, 0.717) is 24.6 Å². The van der Waals surface area contributed by atoms with Gasteiger partial charge in [0.05, 0.1) is 12.1 Å². The van der Waals surface area contributed by atoms with Gasteiger partial charge in [0.25, 0.3) is 0 Å². The van der Waals surface area contributed by atoms with Crippen LogP contribution in [0, 0.1) is 5.92 Å². The van der Waals surface area contributed by atoms with Crippen LogP contribution < -0.4 is 10.5 Å². The molecule has 0 aliphatic rings. The Balaban J connectivity index is 0.00000441. The average Bonchev–Trinajstić information content (AvgIpc) is 2.44. The van der Waals surface area contributed by atoms with Gasteiger partial charge >= 0.3 is 0 Å². The van der Waals surface area contributed by atoms with E-state index in [9.17, 15) is 8.42 Å². The molecule has 0 fully saturated rings. The molecule has 0 spiro atoms. The summed E-state index contributed by atoms with van der Waals surface area (Å²) in [7, 11) is -0.655. The van der Waals surface area contributed by atoms with Crippen LogP contribution in [0.15, 0.2) is 23.1 Å². The van der Waals surface area contributed by atoms with Crippen LogP contribution in [0.4, 0.5) is 0 Å². The predicted molar refractivity (Wildman–Crippen MR) is 92.5 cm³/mol. The number of sulfonamides is 1. The number of hydrogen-bond acceptors (Lipinski definition) is 4. The van der Waals surface area contributed by atoms with E-state index >= 15 is 0 Å². The van der Waals surface area contributed by atoms with Crippen LogP contribution in [-0.4, -0.2) is 39.5 Å². The lowest BCUT2D eigenvalue weighted by atomic mass is 10.0. The van der Waals surface area contributed by atoms with Gasteiger partial charge in [-0.1, -0.05) is 25.4 Å². The van der Waals surface area contributed by atoms with E-state index in [4.69, 9.17) is 22.1 Å². The van der Waals surface area contributed by atoms with Crippen LogP contribution in [0.1, 0.15) is 20.3 Å². The lowest BCUT2D eigenvalue weighted by molar-refractivity contribution is 0.396. The summed E-state index contributed by atoms with van der Waals surface area (Å²) >= 11 is 6.01. The van der Waals surface area contributed by atoms with Crippen molar-refractivity contribution in [3.8, 4) is 5.75 Å². The fourth-order valence-electron chi connectivity index (χ4n) is 1.76. The van der Waals surface area contributed by atoms with Crippen molar-refractivity contribution in [1.29, 1.82) is 0 Å². The van der Waals surface area contributed by atoms with Crippen molar-refractivity contribution in [3.05, 3.63) is 23.2 Å². The number of hydrogen-bond donors (Lipinski definition) is 1. The molecule has 0 heterocycles. The van der Waals surface area contributed by atoms with Crippen molar-refractivity contribution in [3.63, 3.8) is 0 Å². The highest BCUT2D eigenvalue weighted by atomic mass is 35.5. The summed E-state index contributed by atoms with van der Waals surface area (Å²) in [5.41, 5.74) is 5.95. The van der Waals surface area contributed by atoms with E-state index < -0.39 is 10.0 Å². The fourth-order valence-corrected chi connectivity index (χ4v) is 3.43. The van der Waals surface area contributed by atoms with Crippen molar-refractivity contribution >= 4 is 34.0 Å². The molecule has 1 rings (SSSR count). The molecular formula is C14H24Cl2N2O3S. The molecule has 22 heavy (non-hydrogen) atoms. The van der Waals surface area contributed by atoms with E-state index in [1.807, 2.05) is 13.8 Å². The maximum atomic E-state index is 12.5. The molecule has 1 atom stereocenters. The van der Waals surface area contributed by atoms with Crippen LogP contribution in [-0.2, 0) is 10.0 Å². The lowest BCUT2D eigenvalue weighted by Gasteiger charge is -2.22. The van der Waals surface area contributed by atoms with E-state index in [1.165, 1.54) is 30.6 Å². The summed E-state index contributed by atoms with van der Waals surface area (Å²) in [6.07, 6.45) is 0.592. The molecule has 0 aliphatic carbocycles. The fraction of sp³-hybridized carbons (Fsp3) is 0.571. The summed E-state index contributed by atoms with van der Waals surface area (Å²) in [5.74, 6) is 0.756. The van der Waals surface area contributed by atoms with E-state index in [-0.39, 0.29) is 28.4 Å². The first-order valence-electron chi connectivity index (χ1n) is 6.75. The number of ether oxygens (including phenoxy) is 1. The lowest BCUT2D eigenvalue weighted by Crippen LogP contribution is -2.34. The summed E-state index contributed by atoms with van der Waals surface area (Å²) < 4.78 is 31.4. The molecular weight excluding hydrogens is 347 g/mol. The number of rotatable bonds is 7. The third kappa shape index (κ3) is 5.28. The highest BCUT2D eigenvalue weighted by Crippen LogP contribution is 2.28. The smallest absolute Gasteiger partial charge is 0.244 e. The minimum Gasteiger partial charge on any atom is -0.497 e. The normalized spacial score (nSPS) is 13.1. The van der Waals surface area contributed by atoms with Crippen LogP contribution in [0.5, 0.6) is 5.75 Å². The highest BCUT2D eigenvalue weighted by molar-refractivity contribution is 7.89. The molecule has 5 nitrogen and oxygen atoms in total. The van der Waals surface area contributed by atoms with Crippen LogP contribution in [0.25, 0.3) is 0 Å². The zero-order valence-corrected chi connectivity index (χ0v) is 15.6. The summed E-state index contributed by atoms with van der Waals surface area (Å²) in [6, 6.07) is 4.52. The van der Waals surface area contributed by atoms with Gasteiger partial charge in [-0.15, -0.1) is 12.4 Å². The van der Waals surface area contributed by atoms with Crippen LogP contribution >= 0.6 is 24.0 Å². The van der Waals surface area contributed by atoms with Gasteiger partial charge in [0.15, 0.2) is 0 Å². The molecule has 0 saturated carbocycles. The monoisotopic (exact) mass is 370 g/mol. The van der Waals surface area contributed by atoms with Gasteiger partial charge < -0.3 is 10.5 Å². The Morgan fingerprint density at radius 2 is 1.95 bits per heavy atom.